The summed E-state index contributed by atoms with van der Waals surface area (Å²) in [4.78, 5) is 46.1. The van der Waals surface area contributed by atoms with Crippen molar-refractivity contribution in [2.45, 2.75) is 63.3 Å². The number of azide groups is 1. The van der Waals surface area contributed by atoms with Crippen LogP contribution in [0.1, 0.15) is 54.9 Å². The number of carbonyl (C=O) groups excluding carboxylic acids is 3. The molecule has 38 heavy (non-hydrogen) atoms. The third-order valence-electron chi connectivity index (χ3n) is 8.25. The number of ketones is 1. The highest BCUT2D eigenvalue weighted by Crippen LogP contribution is 2.31. The standard InChI is InChI=1S/C27H38N6O5/c1-4-17(2)23(27(36)33-15-21(30-31-28)25-24(33)22(34)16-38-25)29-26(35)20-7-5-18(6-8-20)19-9-11-32(12-10-19)13-14-37-3/h5-8,17,19,21,23-25H,4,9-16H2,1-3H3,(H,29,35)/t17-,21+,23-,24+,25+/m0/s1. The Morgan fingerprint density at radius 3 is 2.61 bits per heavy atom. The first-order valence-corrected chi connectivity index (χ1v) is 13.5. The van der Waals surface area contributed by atoms with E-state index in [0.29, 0.717) is 17.9 Å². The topological polar surface area (TPSA) is 137 Å². The Labute approximate surface area is 223 Å². The van der Waals surface area contributed by atoms with Crippen molar-refractivity contribution in [1.82, 2.24) is 15.1 Å². The first-order valence-electron chi connectivity index (χ1n) is 13.5. The van der Waals surface area contributed by atoms with Crippen molar-refractivity contribution in [3.63, 3.8) is 0 Å². The molecule has 0 aliphatic carbocycles. The van der Waals surface area contributed by atoms with Crippen molar-refractivity contribution in [3.05, 3.63) is 45.8 Å². The van der Waals surface area contributed by atoms with E-state index in [1.54, 1.807) is 7.11 Å². The van der Waals surface area contributed by atoms with Gasteiger partial charge in [0.15, 0.2) is 5.78 Å². The normalized spacial score (nSPS) is 25.5. The largest absolute Gasteiger partial charge is 0.383 e. The van der Waals surface area contributed by atoms with Gasteiger partial charge in [0.25, 0.3) is 5.91 Å². The molecule has 11 nitrogen and oxygen atoms in total. The van der Waals surface area contributed by atoms with Gasteiger partial charge in [-0.15, -0.1) is 0 Å². The van der Waals surface area contributed by atoms with Crippen LogP contribution in [0.3, 0.4) is 0 Å². The van der Waals surface area contributed by atoms with Crippen molar-refractivity contribution >= 4 is 17.6 Å². The molecular formula is C27H38N6O5. The number of nitrogens with one attached hydrogen (secondary N) is 1. The molecule has 3 heterocycles. The number of nitrogens with zero attached hydrogens (tertiary/aromatic N) is 5. The quantitative estimate of drug-likeness (QED) is 0.283. The summed E-state index contributed by atoms with van der Waals surface area (Å²) < 4.78 is 10.7. The zero-order valence-corrected chi connectivity index (χ0v) is 22.4. The molecule has 0 bridgehead atoms. The maximum atomic E-state index is 13.7. The van der Waals surface area contributed by atoms with Crippen molar-refractivity contribution in [2.75, 3.05) is 46.5 Å². The van der Waals surface area contributed by atoms with Crippen LogP contribution in [-0.4, -0.2) is 98.1 Å². The Hall–Kier alpha value is -2.98. The summed E-state index contributed by atoms with van der Waals surface area (Å²) in [6, 6.07) is 5.41. The Balaban J connectivity index is 1.42. The molecule has 0 unspecified atom stereocenters. The fourth-order valence-electron chi connectivity index (χ4n) is 5.73. The monoisotopic (exact) mass is 526 g/mol. The van der Waals surface area contributed by atoms with E-state index in [9.17, 15) is 14.4 Å². The number of hydrogen-bond acceptors (Lipinski definition) is 7. The van der Waals surface area contributed by atoms with Gasteiger partial charge in [0.1, 0.15) is 18.7 Å². The minimum Gasteiger partial charge on any atom is -0.383 e. The summed E-state index contributed by atoms with van der Waals surface area (Å²) in [5.41, 5.74) is 10.6. The Bertz CT molecular complexity index is 1050. The number of fused-ring (bicyclic) bond motifs is 1. The number of methoxy groups -OCH3 is 1. The van der Waals surface area contributed by atoms with Gasteiger partial charge in [0, 0.05) is 30.7 Å². The van der Waals surface area contributed by atoms with Crippen LogP contribution in [0, 0.1) is 5.92 Å². The smallest absolute Gasteiger partial charge is 0.251 e. The molecule has 1 N–H and O–H groups in total. The molecule has 0 radical (unpaired) electrons. The molecule has 3 aliphatic rings. The Morgan fingerprint density at radius 2 is 1.97 bits per heavy atom. The summed E-state index contributed by atoms with van der Waals surface area (Å²) >= 11 is 0. The van der Waals surface area contributed by atoms with E-state index in [0.717, 1.165) is 39.1 Å². The molecule has 0 aromatic heterocycles. The van der Waals surface area contributed by atoms with Crippen LogP contribution in [-0.2, 0) is 19.1 Å². The van der Waals surface area contributed by atoms with E-state index in [-0.39, 0.29) is 36.7 Å². The minimum absolute atomic E-state index is 0.0890. The number of hydrogen-bond donors (Lipinski definition) is 1. The SMILES string of the molecule is CC[C@H](C)[C@H](NC(=O)c1ccc(C2CCN(CCOC)CC2)cc1)C(=O)N1C[C@@H](N=[N+]=[N-])[C@H]2OCC(=O)[C@H]21. The van der Waals surface area contributed by atoms with Crippen LogP contribution in [0.15, 0.2) is 29.4 Å². The fraction of sp³-hybridized carbons (Fsp3) is 0.667. The predicted octanol–water partition coefficient (Wildman–Crippen LogP) is 2.51. The molecule has 4 rings (SSSR count). The van der Waals surface area contributed by atoms with Crippen molar-refractivity contribution in [2.24, 2.45) is 11.0 Å². The summed E-state index contributed by atoms with van der Waals surface area (Å²) in [5.74, 6) is -0.606. The zero-order valence-electron chi connectivity index (χ0n) is 22.4. The van der Waals surface area contributed by atoms with Crippen LogP contribution >= 0.6 is 0 Å². The third kappa shape index (κ3) is 6.02. The summed E-state index contributed by atoms with van der Waals surface area (Å²) in [7, 11) is 1.72. The average Bonchev–Trinajstić information content (AvgIpc) is 3.50. The highest BCUT2D eigenvalue weighted by atomic mass is 16.5. The second-order valence-electron chi connectivity index (χ2n) is 10.5. The number of rotatable bonds is 10. The number of piperidine rings is 1. The van der Waals surface area contributed by atoms with Crippen LogP contribution in [0.5, 0.6) is 0 Å². The number of likely N-dealkylation sites (tertiary alicyclic amines) is 2. The maximum Gasteiger partial charge on any atom is 0.251 e. The summed E-state index contributed by atoms with van der Waals surface area (Å²) in [6.07, 6.45) is 2.15. The molecule has 3 fully saturated rings. The van der Waals surface area contributed by atoms with Gasteiger partial charge < -0.3 is 24.6 Å². The molecule has 11 heteroatoms. The highest BCUT2D eigenvalue weighted by Gasteiger charge is 2.53. The average molecular weight is 527 g/mol. The Kier molecular flexibility index (Phi) is 9.38. The van der Waals surface area contributed by atoms with Gasteiger partial charge in [-0.05, 0) is 61.0 Å². The number of amides is 2. The predicted molar refractivity (Wildman–Crippen MR) is 141 cm³/mol. The van der Waals surface area contributed by atoms with Crippen molar-refractivity contribution in [3.8, 4) is 0 Å². The number of benzene rings is 1. The summed E-state index contributed by atoms with van der Waals surface area (Å²) in [6.45, 7) is 7.57. The second-order valence-corrected chi connectivity index (χ2v) is 10.5. The van der Waals surface area contributed by atoms with Gasteiger partial charge >= 0.3 is 0 Å². The van der Waals surface area contributed by atoms with E-state index in [4.69, 9.17) is 15.0 Å². The third-order valence-corrected chi connectivity index (χ3v) is 8.25. The lowest BCUT2D eigenvalue weighted by molar-refractivity contribution is -0.139. The lowest BCUT2D eigenvalue weighted by atomic mass is 9.89. The first kappa shape index (κ1) is 28.0. The van der Waals surface area contributed by atoms with Gasteiger partial charge in [-0.25, -0.2) is 0 Å². The van der Waals surface area contributed by atoms with Gasteiger partial charge in [-0.1, -0.05) is 37.5 Å². The summed E-state index contributed by atoms with van der Waals surface area (Å²) in [5, 5.41) is 6.67. The second kappa shape index (κ2) is 12.7. The number of Topliss-reactive ketones (excluding diaryl/α,β-unsaturated/α-hetero) is 1. The van der Waals surface area contributed by atoms with Crippen LogP contribution < -0.4 is 5.32 Å². The lowest BCUT2D eigenvalue weighted by Crippen LogP contribution is -2.54. The molecule has 1 aromatic carbocycles. The Morgan fingerprint density at radius 1 is 1.26 bits per heavy atom. The lowest BCUT2D eigenvalue weighted by Gasteiger charge is -2.32. The molecule has 1 aromatic rings. The fourth-order valence-corrected chi connectivity index (χ4v) is 5.73. The zero-order chi connectivity index (χ0) is 27.2. The van der Waals surface area contributed by atoms with E-state index < -0.39 is 24.2 Å². The molecule has 5 atom stereocenters. The van der Waals surface area contributed by atoms with Crippen LogP contribution in [0.2, 0.25) is 0 Å². The van der Waals surface area contributed by atoms with E-state index in [2.05, 4.69) is 20.2 Å². The van der Waals surface area contributed by atoms with Crippen molar-refractivity contribution < 1.29 is 23.9 Å². The van der Waals surface area contributed by atoms with Gasteiger partial charge in [-0.3, -0.25) is 14.4 Å². The van der Waals surface area contributed by atoms with Crippen molar-refractivity contribution in [1.29, 1.82) is 0 Å². The van der Waals surface area contributed by atoms with Gasteiger partial charge in [0.05, 0.1) is 18.8 Å². The molecule has 206 valence electrons. The first-order chi connectivity index (χ1) is 18.4. The molecule has 0 saturated carbocycles. The van der Waals surface area contributed by atoms with Gasteiger partial charge in [-0.2, -0.15) is 0 Å². The number of ether oxygens (including phenoxy) is 2. The van der Waals surface area contributed by atoms with E-state index in [1.165, 1.54) is 10.5 Å². The molecule has 3 saturated heterocycles. The highest BCUT2D eigenvalue weighted by molar-refractivity contribution is 5.99. The maximum absolute atomic E-state index is 13.7. The molecule has 0 spiro atoms. The number of carbonyl (C=O) groups is 3. The van der Waals surface area contributed by atoms with Crippen LogP contribution in [0.25, 0.3) is 10.4 Å². The van der Waals surface area contributed by atoms with Crippen LogP contribution in [0.4, 0.5) is 0 Å². The minimum atomic E-state index is -0.817. The molecule has 2 amide bonds. The van der Waals surface area contributed by atoms with Gasteiger partial charge in [0.2, 0.25) is 5.91 Å². The molecular weight excluding hydrogens is 488 g/mol. The van der Waals surface area contributed by atoms with E-state index in [1.807, 2.05) is 38.1 Å². The van der Waals surface area contributed by atoms with E-state index >= 15 is 0 Å². The molecule has 3 aliphatic heterocycles.